The fourth-order valence-corrected chi connectivity index (χ4v) is 7.71. The third-order valence-electron chi connectivity index (χ3n) is 9.35. The van der Waals surface area contributed by atoms with Crippen LogP contribution in [0.5, 0.6) is 0 Å². The minimum absolute atomic E-state index is 0.0684. The van der Waals surface area contributed by atoms with Gasteiger partial charge in [0.1, 0.15) is 16.7 Å². The molecule has 3 unspecified atom stereocenters. The maximum atomic E-state index is 13.8. The predicted octanol–water partition coefficient (Wildman–Crippen LogP) is 5.24. The largest absolute Gasteiger partial charge is 0.394 e. The van der Waals surface area contributed by atoms with E-state index >= 15 is 0 Å². The van der Waals surface area contributed by atoms with Gasteiger partial charge in [-0.25, -0.2) is 4.98 Å². The van der Waals surface area contributed by atoms with E-state index in [0.29, 0.717) is 43.1 Å². The number of nitrogens with zero attached hydrogens (tertiary/aromatic N) is 4. The van der Waals surface area contributed by atoms with E-state index in [1.165, 1.54) is 0 Å². The lowest BCUT2D eigenvalue weighted by Gasteiger charge is -2.34. The number of alkyl halides is 3. The summed E-state index contributed by atoms with van der Waals surface area (Å²) in [7, 11) is -0.722. The average Bonchev–Trinajstić information content (AvgIpc) is 3.56. The molecule has 2 aliphatic heterocycles. The standard InChI is InChI=1S/C32H47F3N8O2S/c1-5-9-24(37-16-7-13-31(14-15-31)32(33,34)35)29(45)39-25-11-10-23-27(38-25)43-21-22(20-30(43,3)4)36-17-8-18-42-19-12-26(40-42)46(6-2)41-28(23)44/h6,10-12,19,22,24,36-37H,5,7-9,13-18,20-21H2,1-4H3,(H,41,44)(H,38,39,45). The van der Waals surface area contributed by atoms with Crippen LogP contribution in [0.2, 0.25) is 0 Å². The number of hydrogen-bond acceptors (Lipinski definition) is 7. The van der Waals surface area contributed by atoms with E-state index in [-0.39, 0.29) is 42.7 Å². The normalized spacial score (nSPS) is 23.2. The highest BCUT2D eigenvalue weighted by Gasteiger charge is 2.62. The van der Waals surface area contributed by atoms with E-state index in [2.05, 4.69) is 39.4 Å². The van der Waals surface area contributed by atoms with Crippen LogP contribution < -0.4 is 25.6 Å². The molecule has 14 heteroatoms. The molecule has 2 fully saturated rings. The number of anilines is 2. The smallest absolute Gasteiger partial charge is 0.349 e. The van der Waals surface area contributed by atoms with E-state index in [1.807, 2.05) is 36.2 Å². The van der Waals surface area contributed by atoms with Crippen molar-refractivity contribution >= 4 is 39.5 Å². The number of nitrogens with one attached hydrogen (secondary N) is 4. The SMILES string of the molecule is C/C=S1/NC(=O)c2ccc(NC(=O)C(CCC)NCCCC3(C(F)(F)F)CC3)nc2N2CC(CC2(C)C)NCCCn2ccc1n2. The van der Waals surface area contributed by atoms with Gasteiger partial charge in [0.15, 0.2) is 0 Å². The van der Waals surface area contributed by atoms with Crippen LogP contribution in [-0.2, 0) is 11.3 Å². The Bertz CT molecular complexity index is 1440. The third-order valence-corrected chi connectivity index (χ3v) is 10.9. The van der Waals surface area contributed by atoms with Gasteiger partial charge < -0.3 is 20.9 Å². The predicted molar refractivity (Wildman–Crippen MR) is 176 cm³/mol. The Morgan fingerprint density at radius 3 is 2.74 bits per heavy atom. The molecule has 46 heavy (non-hydrogen) atoms. The Hall–Kier alpha value is -2.97. The van der Waals surface area contributed by atoms with E-state index in [4.69, 9.17) is 10.1 Å². The first-order chi connectivity index (χ1) is 21.9. The number of pyridine rings is 1. The van der Waals surface area contributed by atoms with Gasteiger partial charge in [-0.3, -0.25) is 19.0 Å². The molecule has 4 bridgehead atoms. The summed E-state index contributed by atoms with van der Waals surface area (Å²) in [5, 5.41) is 17.2. The zero-order valence-electron chi connectivity index (χ0n) is 27.2. The molecule has 3 aliphatic rings. The highest BCUT2D eigenvalue weighted by atomic mass is 32.2. The van der Waals surface area contributed by atoms with Gasteiger partial charge in [-0.15, -0.1) is 0 Å². The Morgan fingerprint density at radius 2 is 2.04 bits per heavy atom. The van der Waals surface area contributed by atoms with E-state index < -0.39 is 28.3 Å². The molecular weight excluding hydrogens is 617 g/mol. The number of aryl methyl sites for hydroxylation is 1. The van der Waals surface area contributed by atoms with Gasteiger partial charge in [-0.1, -0.05) is 13.3 Å². The zero-order chi connectivity index (χ0) is 33.1. The van der Waals surface area contributed by atoms with Crippen LogP contribution >= 0.6 is 10.7 Å². The molecule has 1 aliphatic carbocycles. The summed E-state index contributed by atoms with van der Waals surface area (Å²) in [4.78, 5) is 34.3. The van der Waals surface area contributed by atoms with Crippen LogP contribution in [0.1, 0.15) is 89.4 Å². The summed E-state index contributed by atoms with van der Waals surface area (Å²) < 4.78 is 45.1. The monoisotopic (exact) mass is 664 g/mol. The van der Waals surface area contributed by atoms with Gasteiger partial charge >= 0.3 is 6.18 Å². The lowest BCUT2D eigenvalue weighted by Crippen LogP contribution is -2.42. The molecule has 0 aromatic carbocycles. The van der Waals surface area contributed by atoms with Crippen molar-refractivity contribution in [3.05, 3.63) is 30.0 Å². The molecular formula is C32H47F3N8O2S. The van der Waals surface area contributed by atoms with E-state index in [9.17, 15) is 22.8 Å². The van der Waals surface area contributed by atoms with Crippen molar-refractivity contribution < 1.29 is 22.8 Å². The summed E-state index contributed by atoms with van der Waals surface area (Å²) >= 11 is 0. The van der Waals surface area contributed by atoms with Crippen LogP contribution in [0.15, 0.2) is 29.4 Å². The number of carbonyl (C=O) groups excluding carboxylic acids is 2. The molecule has 1 saturated heterocycles. The third kappa shape index (κ3) is 7.76. The molecule has 2 aromatic rings. The quantitative estimate of drug-likeness (QED) is 0.214. The van der Waals surface area contributed by atoms with Gasteiger partial charge in [-0.05, 0) is 113 Å². The van der Waals surface area contributed by atoms with Crippen molar-refractivity contribution in [2.45, 2.75) is 114 Å². The van der Waals surface area contributed by atoms with Gasteiger partial charge in [0.05, 0.1) is 17.0 Å². The minimum atomic E-state index is -4.17. The zero-order valence-corrected chi connectivity index (χ0v) is 28.0. The molecule has 254 valence electrons. The highest BCUT2D eigenvalue weighted by molar-refractivity contribution is 8.13. The molecule has 2 amide bonds. The first kappa shape index (κ1) is 34.4. The van der Waals surface area contributed by atoms with Crippen LogP contribution in [0, 0.1) is 5.41 Å². The van der Waals surface area contributed by atoms with Crippen LogP contribution in [0.4, 0.5) is 24.8 Å². The Morgan fingerprint density at radius 1 is 1.26 bits per heavy atom. The molecule has 0 spiro atoms. The molecule has 5 rings (SSSR count). The fourth-order valence-electron chi connectivity index (χ4n) is 6.53. The lowest BCUT2D eigenvalue weighted by atomic mass is 9.99. The number of aromatic nitrogens is 3. The van der Waals surface area contributed by atoms with Gasteiger partial charge in [0.2, 0.25) is 5.91 Å². The summed E-state index contributed by atoms with van der Waals surface area (Å²) in [6, 6.07) is 4.87. The van der Waals surface area contributed by atoms with Crippen molar-refractivity contribution in [1.29, 1.82) is 0 Å². The maximum Gasteiger partial charge on any atom is 0.394 e. The second kappa shape index (κ2) is 14.0. The van der Waals surface area contributed by atoms with Gasteiger partial charge in [0, 0.05) is 30.9 Å². The maximum absolute atomic E-state index is 13.8. The van der Waals surface area contributed by atoms with Crippen LogP contribution in [0.3, 0.4) is 0 Å². The first-order valence-electron chi connectivity index (χ1n) is 16.4. The van der Waals surface area contributed by atoms with Crippen molar-refractivity contribution in [2.24, 2.45) is 5.41 Å². The number of carbonyl (C=O) groups is 2. The number of fused-ring (bicyclic) bond motifs is 6. The molecule has 10 nitrogen and oxygen atoms in total. The summed E-state index contributed by atoms with van der Waals surface area (Å²) in [6.07, 6.45) is 1.56. The molecule has 4 heterocycles. The van der Waals surface area contributed by atoms with E-state index in [1.54, 1.807) is 12.1 Å². The fraction of sp³-hybridized carbons (Fsp3) is 0.656. The van der Waals surface area contributed by atoms with Crippen molar-refractivity contribution in [2.75, 3.05) is 29.9 Å². The second-order valence-corrected chi connectivity index (χ2v) is 15.1. The number of halogens is 3. The van der Waals surface area contributed by atoms with Gasteiger partial charge in [-0.2, -0.15) is 18.3 Å². The molecule has 4 N–H and O–H groups in total. The van der Waals surface area contributed by atoms with Gasteiger partial charge in [0.25, 0.3) is 5.91 Å². The van der Waals surface area contributed by atoms with Crippen LogP contribution in [-0.4, -0.2) is 75.4 Å². The Labute approximate surface area is 271 Å². The molecule has 2 aromatic heterocycles. The summed E-state index contributed by atoms with van der Waals surface area (Å²) in [5.41, 5.74) is -1.45. The van der Waals surface area contributed by atoms with Crippen LogP contribution in [0.25, 0.3) is 0 Å². The molecule has 1 saturated carbocycles. The first-order valence-corrected chi connectivity index (χ1v) is 17.6. The van der Waals surface area contributed by atoms with Crippen molar-refractivity contribution in [3.8, 4) is 0 Å². The lowest BCUT2D eigenvalue weighted by molar-refractivity contribution is -0.189. The highest BCUT2D eigenvalue weighted by Crippen LogP contribution is 2.60. The second-order valence-electron chi connectivity index (χ2n) is 13.3. The number of rotatable bonds is 9. The van der Waals surface area contributed by atoms with E-state index in [0.717, 1.165) is 37.4 Å². The number of amides is 2. The van der Waals surface area contributed by atoms with Crippen molar-refractivity contribution in [3.63, 3.8) is 0 Å². The Kier molecular flexibility index (Phi) is 10.5. The van der Waals surface area contributed by atoms with Crippen molar-refractivity contribution in [1.82, 2.24) is 30.1 Å². The summed E-state index contributed by atoms with van der Waals surface area (Å²) in [6.45, 7) is 10.7. The Balaban J connectivity index is 1.35. The number of hydrogen-bond donors (Lipinski definition) is 4. The topological polar surface area (TPSA) is 116 Å². The minimum Gasteiger partial charge on any atom is -0.349 e. The summed E-state index contributed by atoms with van der Waals surface area (Å²) in [5.74, 6) is 0.229. The average molecular weight is 665 g/mol. The molecule has 3 atom stereocenters. The molecule has 0 radical (unpaired) electrons.